The van der Waals surface area contributed by atoms with Gasteiger partial charge in [0, 0.05) is 17.9 Å². The van der Waals surface area contributed by atoms with Gasteiger partial charge < -0.3 is 5.32 Å². The number of hydrogen-bond acceptors (Lipinski definition) is 2. The van der Waals surface area contributed by atoms with E-state index in [0.29, 0.717) is 10.6 Å². The summed E-state index contributed by atoms with van der Waals surface area (Å²) in [5, 5.41) is 3.37. The van der Waals surface area contributed by atoms with Crippen LogP contribution in [-0.4, -0.2) is 16.4 Å². The maximum Gasteiger partial charge on any atom is 0.254 e. The van der Waals surface area contributed by atoms with Crippen molar-refractivity contribution < 1.29 is 4.79 Å². The van der Waals surface area contributed by atoms with Crippen molar-refractivity contribution in [1.29, 1.82) is 0 Å². The van der Waals surface area contributed by atoms with Gasteiger partial charge in [0.05, 0.1) is 10.6 Å². The quantitative estimate of drug-likeness (QED) is 0.812. The molecule has 0 bridgehead atoms. The summed E-state index contributed by atoms with van der Waals surface area (Å²) in [5.41, 5.74) is 0.429. The van der Waals surface area contributed by atoms with Crippen molar-refractivity contribution in [3.8, 4) is 0 Å². The third-order valence-electron chi connectivity index (χ3n) is 2.43. The predicted molar refractivity (Wildman–Crippen MR) is 54.4 cm³/mol. The van der Waals surface area contributed by atoms with Crippen molar-refractivity contribution in [2.75, 3.05) is 0 Å². The third-order valence-corrected chi connectivity index (χ3v) is 2.76. The molecule has 0 aliphatic heterocycles. The molecule has 74 valence electrons. The zero-order chi connectivity index (χ0) is 10.2. The zero-order valence-electron chi connectivity index (χ0n) is 7.88. The van der Waals surface area contributed by atoms with Crippen LogP contribution in [0.1, 0.15) is 30.1 Å². The molecule has 1 aliphatic rings. The number of amides is 1. The summed E-state index contributed by atoms with van der Waals surface area (Å²) < 4.78 is 0. The molecule has 0 atom stereocenters. The number of rotatable bonds is 2. The molecule has 0 aromatic carbocycles. The standard InChI is InChI=1S/C10H11ClN2O/c1-10(3-4-10)13-9(14)7-6-12-5-2-8(7)11/h2,5-6H,3-4H2,1H3,(H,13,14). The number of nitrogens with one attached hydrogen (secondary N) is 1. The minimum absolute atomic E-state index is 0.0176. The van der Waals surface area contributed by atoms with Crippen molar-refractivity contribution in [3.63, 3.8) is 0 Å². The molecule has 0 unspecified atom stereocenters. The highest BCUT2D eigenvalue weighted by Gasteiger charge is 2.39. The van der Waals surface area contributed by atoms with Gasteiger partial charge >= 0.3 is 0 Å². The lowest BCUT2D eigenvalue weighted by molar-refractivity contribution is 0.0935. The van der Waals surface area contributed by atoms with Crippen LogP contribution in [0.15, 0.2) is 18.5 Å². The van der Waals surface area contributed by atoms with E-state index in [0.717, 1.165) is 12.8 Å². The second kappa shape index (κ2) is 3.24. The first-order valence-electron chi connectivity index (χ1n) is 4.53. The van der Waals surface area contributed by atoms with Crippen molar-refractivity contribution >= 4 is 17.5 Å². The van der Waals surface area contributed by atoms with Crippen molar-refractivity contribution in [1.82, 2.24) is 10.3 Å². The number of carbonyl (C=O) groups is 1. The van der Waals surface area contributed by atoms with Gasteiger partial charge in [0.1, 0.15) is 0 Å². The van der Waals surface area contributed by atoms with Crippen LogP contribution in [0.3, 0.4) is 0 Å². The van der Waals surface area contributed by atoms with E-state index in [2.05, 4.69) is 10.3 Å². The second-order valence-corrected chi connectivity index (χ2v) is 4.28. The predicted octanol–water partition coefficient (Wildman–Crippen LogP) is 2.02. The van der Waals surface area contributed by atoms with E-state index in [9.17, 15) is 4.79 Å². The van der Waals surface area contributed by atoms with E-state index in [-0.39, 0.29) is 11.4 Å². The van der Waals surface area contributed by atoms with Crippen molar-refractivity contribution in [3.05, 3.63) is 29.0 Å². The average Bonchev–Trinajstić information content (AvgIpc) is 2.84. The molecule has 4 heteroatoms. The Kier molecular flexibility index (Phi) is 2.19. The topological polar surface area (TPSA) is 42.0 Å². The van der Waals surface area contributed by atoms with Gasteiger partial charge in [-0.3, -0.25) is 9.78 Å². The van der Waals surface area contributed by atoms with Crippen molar-refractivity contribution in [2.45, 2.75) is 25.3 Å². The number of nitrogens with zero attached hydrogens (tertiary/aromatic N) is 1. The number of pyridine rings is 1. The molecule has 3 nitrogen and oxygen atoms in total. The molecule has 1 saturated carbocycles. The third kappa shape index (κ3) is 1.87. The minimum atomic E-state index is -0.136. The van der Waals surface area contributed by atoms with E-state index < -0.39 is 0 Å². The van der Waals surface area contributed by atoms with Gasteiger partial charge in [-0.05, 0) is 25.8 Å². The Balaban J connectivity index is 2.15. The Morgan fingerprint density at radius 2 is 2.36 bits per heavy atom. The largest absolute Gasteiger partial charge is 0.347 e. The maximum absolute atomic E-state index is 11.7. The van der Waals surface area contributed by atoms with Crippen LogP contribution in [0.5, 0.6) is 0 Å². The first-order chi connectivity index (χ1) is 6.61. The Labute approximate surface area is 87.5 Å². The molecule has 1 heterocycles. The number of halogens is 1. The normalized spacial score (nSPS) is 17.6. The lowest BCUT2D eigenvalue weighted by Gasteiger charge is -2.11. The highest BCUT2D eigenvalue weighted by Crippen LogP contribution is 2.34. The summed E-state index contributed by atoms with van der Waals surface area (Å²) in [6.07, 6.45) is 5.13. The molecule has 1 aliphatic carbocycles. The lowest BCUT2D eigenvalue weighted by atomic mass is 10.2. The smallest absolute Gasteiger partial charge is 0.254 e. The molecule has 0 radical (unpaired) electrons. The molecule has 0 spiro atoms. The summed E-state index contributed by atoms with van der Waals surface area (Å²) in [6.45, 7) is 2.02. The molecule has 1 N–H and O–H groups in total. The fourth-order valence-electron chi connectivity index (χ4n) is 1.20. The molecule has 0 saturated heterocycles. The molecule has 1 aromatic rings. The number of aromatic nitrogens is 1. The lowest BCUT2D eigenvalue weighted by Crippen LogP contribution is -2.34. The average molecular weight is 211 g/mol. The zero-order valence-corrected chi connectivity index (χ0v) is 8.64. The van der Waals surface area contributed by atoms with Gasteiger partial charge in [-0.1, -0.05) is 11.6 Å². The van der Waals surface area contributed by atoms with E-state index in [4.69, 9.17) is 11.6 Å². The highest BCUT2D eigenvalue weighted by atomic mass is 35.5. The number of hydrogen-bond donors (Lipinski definition) is 1. The summed E-state index contributed by atoms with van der Waals surface area (Å²) in [4.78, 5) is 15.6. The van der Waals surface area contributed by atoms with Gasteiger partial charge in [-0.25, -0.2) is 0 Å². The fourth-order valence-corrected chi connectivity index (χ4v) is 1.39. The van der Waals surface area contributed by atoms with E-state index in [1.54, 1.807) is 12.3 Å². The summed E-state index contributed by atoms with van der Waals surface area (Å²) in [5.74, 6) is -0.136. The first kappa shape index (κ1) is 9.46. The minimum Gasteiger partial charge on any atom is -0.347 e. The van der Waals surface area contributed by atoms with Crippen LogP contribution in [-0.2, 0) is 0 Å². The molecular weight excluding hydrogens is 200 g/mol. The SMILES string of the molecule is CC1(NC(=O)c2cnccc2Cl)CC1. The Morgan fingerprint density at radius 3 is 2.93 bits per heavy atom. The van der Waals surface area contributed by atoms with E-state index >= 15 is 0 Å². The molecule has 14 heavy (non-hydrogen) atoms. The van der Waals surface area contributed by atoms with Crippen LogP contribution in [0.25, 0.3) is 0 Å². The van der Waals surface area contributed by atoms with Gasteiger partial charge in [-0.15, -0.1) is 0 Å². The molecule has 1 aromatic heterocycles. The van der Waals surface area contributed by atoms with E-state index in [1.165, 1.54) is 6.20 Å². The fraction of sp³-hybridized carbons (Fsp3) is 0.400. The number of carbonyl (C=O) groups excluding carboxylic acids is 1. The summed E-state index contributed by atoms with van der Waals surface area (Å²) in [7, 11) is 0. The highest BCUT2D eigenvalue weighted by molar-refractivity contribution is 6.33. The van der Waals surface area contributed by atoms with Crippen LogP contribution < -0.4 is 5.32 Å². The maximum atomic E-state index is 11.7. The van der Waals surface area contributed by atoms with Crippen LogP contribution in [0.4, 0.5) is 0 Å². The Hall–Kier alpha value is -1.09. The van der Waals surface area contributed by atoms with Gasteiger partial charge in [-0.2, -0.15) is 0 Å². The summed E-state index contributed by atoms with van der Waals surface area (Å²) >= 11 is 5.87. The van der Waals surface area contributed by atoms with Crippen LogP contribution in [0, 0.1) is 0 Å². The van der Waals surface area contributed by atoms with Crippen LogP contribution in [0.2, 0.25) is 5.02 Å². The monoisotopic (exact) mass is 210 g/mol. The molecule has 2 rings (SSSR count). The molecule has 1 fully saturated rings. The van der Waals surface area contributed by atoms with Crippen molar-refractivity contribution in [2.24, 2.45) is 0 Å². The molecular formula is C10H11ClN2O. The van der Waals surface area contributed by atoms with Gasteiger partial charge in [0.2, 0.25) is 0 Å². The van der Waals surface area contributed by atoms with E-state index in [1.807, 2.05) is 6.92 Å². The van der Waals surface area contributed by atoms with Crippen LogP contribution >= 0.6 is 11.6 Å². The Morgan fingerprint density at radius 1 is 1.64 bits per heavy atom. The summed E-state index contributed by atoms with van der Waals surface area (Å²) in [6, 6.07) is 1.62. The molecule has 1 amide bonds. The van der Waals surface area contributed by atoms with Gasteiger partial charge in [0.25, 0.3) is 5.91 Å². The first-order valence-corrected chi connectivity index (χ1v) is 4.91. The Bertz CT molecular complexity index is 374. The van der Waals surface area contributed by atoms with Gasteiger partial charge in [0.15, 0.2) is 0 Å². The second-order valence-electron chi connectivity index (χ2n) is 3.87.